The Morgan fingerprint density at radius 2 is 2.22 bits per heavy atom. The van der Waals surface area contributed by atoms with E-state index < -0.39 is 0 Å². The molecule has 0 spiro atoms. The van der Waals surface area contributed by atoms with Gasteiger partial charge in [-0.1, -0.05) is 6.07 Å². The zero-order valence-corrected chi connectivity index (χ0v) is 13.6. The molecule has 0 saturated heterocycles. The zero-order chi connectivity index (χ0) is 16.2. The van der Waals surface area contributed by atoms with Gasteiger partial charge in [-0.05, 0) is 26.0 Å². The summed E-state index contributed by atoms with van der Waals surface area (Å²) < 4.78 is 7.65. The first-order valence-corrected chi connectivity index (χ1v) is 8.02. The molecule has 0 aliphatic carbocycles. The third-order valence-corrected chi connectivity index (χ3v) is 4.21. The Balaban J connectivity index is 1.72. The van der Waals surface area contributed by atoms with Crippen molar-refractivity contribution >= 4 is 5.91 Å². The lowest BCUT2D eigenvalue weighted by molar-refractivity contribution is -0.133. The van der Waals surface area contributed by atoms with Crippen molar-refractivity contribution in [3.05, 3.63) is 47.8 Å². The molecule has 1 amide bonds. The summed E-state index contributed by atoms with van der Waals surface area (Å²) in [4.78, 5) is 23.2. The number of carbonyl (C=O) groups is 1. The van der Waals surface area contributed by atoms with Crippen LogP contribution in [0.3, 0.4) is 0 Å². The van der Waals surface area contributed by atoms with E-state index in [2.05, 4.69) is 14.5 Å². The molecule has 1 aliphatic heterocycles. The number of hydrogen-bond acceptors (Lipinski definition) is 4. The Kier molecular flexibility index (Phi) is 4.71. The van der Waals surface area contributed by atoms with Gasteiger partial charge in [0.25, 0.3) is 0 Å². The van der Waals surface area contributed by atoms with Crippen molar-refractivity contribution in [2.45, 2.75) is 39.5 Å². The molecule has 23 heavy (non-hydrogen) atoms. The quantitative estimate of drug-likeness (QED) is 0.846. The van der Waals surface area contributed by atoms with E-state index in [-0.39, 0.29) is 11.9 Å². The van der Waals surface area contributed by atoms with E-state index in [1.54, 1.807) is 6.20 Å². The average molecular weight is 314 g/mol. The van der Waals surface area contributed by atoms with Gasteiger partial charge in [-0.3, -0.25) is 9.78 Å². The van der Waals surface area contributed by atoms with E-state index in [1.807, 2.05) is 43.1 Å². The van der Waals surface area contributed by atoms with Gasteiger partial charge in [0.15, 0.2) is 0 Å². The normalized spacial score (nSPS) is 17.1. The molecule has 3 heterocycles. The van der Waals surface area contributed by atoms with E-state index in [0.717, 1.165) is 23.8 Å². The second kappa shape index (κ2) is 6.91. The lowest BCUT2D eigenvalue weighted by Gasteiger charge is -2.34. The summed E-state index contributed by atoms with van der Waals surface area (Å²) in [6.45, 7) is 6.71. The predicted octanol–water partition coefficient (Wildman–Crippen LogP) is 1.96. The number of carbonyl (C=O) groups excluding carboxylic acids is 1. The highest BCUT2D eigenvalue weighted by Crippen LogP contribution is 2.26. The highest BCUT2D eigenvalue weighted by Gasteiger charge is 2.30. The number of aromatic nitrogens is 3. The van der Waals surface area contributed by atoms with E-state index in [0.29, 0.717) is 26.2 Å². The molecule has 0 bridgehead atoms. The Morgan fingerprint density at radius 1 is 1.35 bits per heavy atom. The molecule has 6 heteroatoms. The van der Waals surface area contributed by atoms with Gasteiger partial charge in [0.2, 0.25) is 5.91 Å². The SMILES string of the molecule is CCOCc1cnc2n1CCN(C(=O)Cc1ccccn1)[C@@H]2C. The van der Waals surface area contributed by atoms with Gasteiger partial charge in [0, 0.05) is 31.6 Å². The molecule has 3 rings (SSSR count). The van der Waals surface area contributed by atoms with E-state index in [1.165, 1.54) is 0 Å². The number of nitrogens with zero attached hydrogens (tertiary/aromatic N) is 4. The van der Waals surface area contributed by atoms with Crippen molar-refractivity contribution < 1.29 is 9.53 Å². The number of rotatable bonds is 5. The van der Waals surface area contributed by atoms with Crippen LogP contribution in [0.2, 0.25) is 0 Å². The molecular formula is C17H22N4O2. The Bertz CT molecular complexity index is 668. The van der Waals surface area contributed by atoms with E-state index in [4.69, 9.17) is 4.74 Å². The van der Waals surface area contributed by atoms with Crippen LogP contribution >= 0.6 is 0 Å². The van der Waals surface area contributed by atoms with Crippen molar-refractivity contribution in [1.82, 2.24) is 19.4 Å². The fraction of sp³-hybridized carbons (Fsp3) is 0.471. The molecule has 0 N–H and O–H groups in total. The molecular weight excluding hydrogens is 292 g/mol. The van der Waals surface area contributed by atoms with E-state index >= 15 is 0 Å². The topological polar surface area (TPSA) is 60.2 Å². The number of fused-ring (bicyclic) bond motifs is 1. The zero-order valence-electron chi connectivity index (χ0n) is 13.6. The first-order chi connectivity index (χ1) is 11.2. The molecule has 0 fully saturated rings. The lowest BCUT2D eigenvalue weighted by Crippen LogP contribution is -2.42. The molecule has 1 atom stereocenters. The number of imidazole rings is 1. The van der Waals surface area contributed by atoms with Gasteiger partial charge < -0.3 is 14.2 Å². The summed E-state index contributed by atoms with van der Waals surface area (Å²) in [5.41, 5.74) is 1.88. The van der Waals surface area contributed by atoms with E-state index in [9.17, 15) is 4.79 Å². The second-order valence-electron chi connectivity index (χ2n) is 5.66. The maximum absolute atomic E-state index is 12.6. The Labute approximate surface area is 136 Å². The van der Waals surface area contributed by atoms with Crippen molar-refractivity contribution in [1.29, 1.82) is 0 Å². The molecule has 0 aromatic carbocycles. The van der Waals surface area contributed by atoms with Gasteiger partial charge in [-0.2, -0.15) is 0 Å². The molecule has 122 valence electrons. The lowest BCUT2D eigenvalue weighted by atomic mass is 10.1. The van der Waals surface area contributed by atoms with Gasteiger partial charge in [0.1, 0.15) is 5.82 Å². The second-order valence-corrected chi connectivity index (χ2v) is 5.66. The van der Waals surface area contributed by atoms with Gasteiger partial charge in [0.05, 0.1) is 31.0 Å². The molecule has 6 nitrogen and oxygen atoms in total. The molecule has 0 unspecified atom stereocenters. The number of pyridine rings is 1. The Morgan fingerprint density at radius 3 is 2.96 bits per heavy atom. The summed E-state index contributed by atoms with van der Waals surface area (Å²) in [7, 11) is 0. The first kappa shape index (κ1) is 15.7. The minimum atomic E-state index is -0.0321. The van der Waals surface area contributed by atoms with Crippen molar-refractivity contribution in [2.75, 3.05) is 13.2 Å². The van der Waals surface area contributed by atoms with Crippen LogP contribution in [-0.2, 0) is 29.1 Å². The molecule has 1 aliphatic rings. The fourth-order valence-electron chi connectivity index (χ4n) is 2.98. The monoisotopic (exact) mass is 314 g/mol. The van der Waals surface area contributed by atoms with Crippen LogP contribution in [0.1, 0.15) is 37.1 Å². The van der Waals surface area contributed by atoms with Crippen LogP contribution in [0.25, 0.3) is 0 Å². The highest BCUT2D eigenvalue weighted by molar-refractivity contribution is 5.78. The van der Waals surface area contributed by atoms with Crippen LogP contribution in [0.5, 0.6) is 0 Å². The van der Waals surface area contributed by atoms with Crippen LogP contribution < -0.4 is 0 Å². The highest BCUT2D eigenvalue weighted by atomic mass is 16.5. The maximum Gasteiger partial charge on any atom is 0.229 e. The van der Waals surface area contributed by atoms with Crippen LogP contribution in [-0.4, -0.2) is 38.5 Å². The molecule has 2 aromatic heterocycles. The smallest absolute Gasteiger partial charge is 0.229 e. The van der Waals surface area contributed by atoms with Crippen LogP contribution in [0.15, 0.2) is 30.6 Å². The van der Waals surface area contributed by atoms with Gasteiger partial charge in [-0.25, -0.2) is 4.98 Å². The van der Waals surface area contributed by atoms with Gasteiger partial charge in [-0.15, -0.1) is 0 Å². The fourth-order valence-corrected chi connectivity index (χ4v) is 2.98. The van der Waals surface area contributed by atoms with Crippen molar-refractivity contribution in [2.24, 2.45) is 0 Å². The minimum Gasteiger partial charge on any atom is -0.375 e. The summed E-state index contributed by atoms with van der Waals surface area (Å²) in [6.07, 6.45) is 3.90. The first-order valence-electron chi connectivity index (χ1n) is 8.02. The predicted molar refractivity (Wildman–Crippen MR) is 85.6 cm³/mol. The van der Waals surface area contributed by atoms with Crippen LogP contribution in [0.4, 0.5) is 0 Å². The Hall–Kier alpha value is -2.21. The summed E-state index contributed by atoms with van der Waals surface area (Å²) >= 11 is 0. The third-order valence-electron chi connectivity index (χ3n) is 4.21. The molecule has 2 aromatic rings. The largest absolute Gasteiger partial charge is 0.375 e. The summed E-state index contributed by atoms with van der Waals surface area (Å²) in [5, 5.41) is 0. The number of hydrogen-bond donors (Lipinski definition) is 0. The maximum atomic E-state index is 12.6. The molecule has 0 saturated carbocycles. The summed E-state index contributed by atoms with van der Waals surface area (Å²) in [5.74, 6) is 1.03. The van der Waals surface area contributed by atoms with Crippen LogP contribution in [0, 0.1) is 0 Å². The van der Waals surface area contributed by atoms with Gasteiger partial charge >= 0.3 is 0 Å². The van der Waals surface area contributed by atoms with Crippen molar-refractivity contribution in [3.63, 3.8) is 0 Å². The standard InChI is InChI=1S/C17H22N4O2/c1-3-23-12-15-11-19-17-13(2)20(8-9-21(15)17)16(22)10-14-6-4-5-7-18-14/h4-7,11,13H,3,8-10,12H2,1-2H3/t13-/m1/s1. The van der Waals surface area contributed by atoms with Crippen molar-refractivity contribution in [3.8, 4) is 0 Å². The third kappa shape index (κ3) is 3.27. The number of amides is 1. The minimum absolute atomic E-state index is 0.0321. The number of ether oxygens (including phenoxy) is 1. The summed E-state index contributed by atoms with van der Waals surface area (Å²) in [6, 6.07) is 5.61. The average Bonchev–Trinajstić information content (AvgIpc) is 2.98. The molecule has 0 radical (unpaired) electrons.